The Labute approximate surface area is 231 Å². The maximum atomic E-state index is 13.8. The predicted molar refractivity (Wildman–Crippen MR) is 154 cm³/mol. The molecular weight excluding hydrogens is 486 g/mol. The molecule has 1 heterocycles. The molecule has 1 saturated carbocycles. The number of nitrogens with one attached hydrogen (secondary N) is 2. The first-order valence-electron chi connectivity index (χ1n) is 14.0. The highest BCUT2D eigenvalue weighted by molar-refractivity contribution is 5.92. The fraction of sp³-hybridized carbons (Fsp3) is 0.394. The number of carbonyl (C=O) groups is 2. The predicted octanol–water partition coefficient (Wildman–Crippen LogP) is 4.44. The number of ether oxygens (including phenoxy) is 1. The van der Waals surface area contributed by atoms with E-state index in [0.29, 0.717) is 6.54 Å². The normalized spacial score (nSPS) is 22.1. The van der Waals surface area contributed by atoms with Crippen molar-refractivity contribution in [3.05, 3.63) is 102 Å². The van der Waals surface area contributed by atoms with E-state index < -0.39 is 5.41 Å². The summed E-state index contributed by atoms with van der Waals surface area (Å²) in [5, 5.41) is 6.51. The lowest BCUT2D eigenvalue weighted by atomic mass is 9.80. The van der Waals surface area contributed by atoms with Gasteiger partial charge >= 0.3 is 0 Å². The number of likely N-dealkylation sites (tertiary alicyclic amines) is 1. The van der Waals surface area contributed by atoms with E-state index >= 15 is 0 Å². The Morgan fingerprint density at radius 1 is 0.923 bits per heavy atom. The first-order valence-corrected chi connectivity index (χ1v) is 14.0. The highest BCUT2D eigenvalue weighted by atomic mass is 16.5. The van der Waals surface area contributed by atoms with Gasteiger partial charge in [0.05, 0.1) is 18.1 Å². The van der Waals surface area contributed by atoms with E-state index in [0.717, 1.165) is 62.2 Å². The van der Waals surface area contributed by atoms with E-state index in [9.17, 15) is 9.59 Å². The van der Waals surface area contributed by atoms with Gasteiger partial charge < -0.3 is 20.3 Å². The Balaban J connectivity index is 1.28. The highest BCUT2D eigenvalue weighted by Gasteiger charge is 2.61. The summed E-state index contributed by atoms with van der Waals surface area (Å²) in [5.74, 6) is 1.10. The molecule has 2 fully saturated rings. The second-order valence-electron chi connectivity index (χ2n) is 11.0. The summed E-state index contributed by atoms with van der Waals surface area (Å²) < 4.78 is 5.50. The lowest BCUT2D eigenvalue weighted by molar-refractivity contribution is -0.124. The Morgan fingerprint density at radius 2 is 1.59 bits per heavy atom. The van der Waals surface area contributed by atoms with Gasteiger partial charge in [0.1, 0.15) is 5.75 Å². The lowest BCUT2D eigenvalue weighted by Gasteiger charge is -2.43. The van der Waals surface area contributed by atoms with Gasteiger partial charge in [0.25, 0.3) is 0 Å². The van der Waals surface area contributed by atoms with E-state index in [4.69, 9.17) is 4.74 Å². The largest absolute Gasteiger partial charge is 0.497 e. The summed E-state index contributed by atoms with van der Waals surface area (Å²) in [4.78, 5) is 28.4. The fourth-order valence-corrected chi connectivity index (χ4v) is 6.35. The van der Waals surface area contributed by atoms with Crippen LogP contribution in [0.15, 0.2) is 84.9 Å². The zero-order chi connectivity index (χ0) is 27.3. The molecule has 6 nitrogen and oxygen atoms in total. The van der Waals surface area contributed by atoms with Crippen LogP contribution in [0, 0.1) is 5.92 Å². The third-order valence-corrected chi connectivity index (χ3v) is 8.57. The quantitative estimate of drug-likeness (QED) is 0.411. The summed E-state index contributed by atoms with van der Waals surface area (Å²) in [6.07, 6.45) is 3.32. The summed E-state index contributed by atoms with van der Waals surface area (Å²) in [5.41, 5.74) is 2.52. The molecule has 1 aliphatic heterocycles. The van der Waals surface area contributed by atoms with Crippen LogP contribution in [0.5, 0.6) is 5.75 Å². The van der Waals surface area contributed by atoms with Crippen molar-refractivity contribution in [1.82, 2.24) is 15.5 Å². The minimum atomic E-state index is -0.545. The number of benzene rings is 3. The number of amides is 2. The van der Waals surface area contributed by atoms with Gasteiger partial charge in [-0.1, -0.05) is 72.8 Å². The van der Waals surface area contributed by atoms with Crippen LogP contribution in [0.3, 0.4) is 0 Å². The monoisotopic (exact) mass is 525 g/mol. The molecule has 1 aliphatic carbocycles. The summed E-state index contributed by atoms with van der Waals surface area (Å²) in [6.45, 7) is 4.81. The molecule has 3 aromatic carbocycles. The van der Waals surface area contributed by atoms with Crippen LogP contribution in [-0.2, 0) is 27.0 Å². The molecule has 2 aliphatic rings. The van der Waals surface area contributed by atoms with Gasteiger partial charge in [-0.2, -0.15) is 0 Å². The fourth-order valence-electron chi connectivity index (χ4n) is 6.35. The average Bonchev–Trinajstić information content (AvgIpc) is 3.70. The van der Waals surface area contributed by atoms with E-state index in [-0.39, 0.29) is 23.3 Å². The number of rotatable bonds is 10. The molecule has 5 rings (SSSR count). The molecule has 2 N–H and O–H groups in total. The van der Waals surface area contributed by atoms with Gasteiger partial charge in [0.2, 0.25) is 11.8 Å². The summed E-state index contributed by atoms with van der Waals surface area (Å²) >= 11 is 0. The topological polar surface area (TPSA) is 70.7 Å². The lowest BCUT2D eigenvalue weighted by Crippen LogP contribution is -2.53. The Hall–Kier alpha value is -3.64. The van der Waals surface area contributed by atoms with Gasteiger partial charge in [-0.05, 0) is 60.4 Å². The van der Waals surface area contributed by atoms with Crippen LogP contribution in [0.25, 0.3) is 0 Å². The minimum absolute atomic E-state index is 0.00119. The van der Waals surface area contributed by atoms with Crippen molar-refractivity contribution in [2.45, 2.75) is 43.6 Å². The average molecular weight is 526 g/mol. The van der Waals surface area contributed by atoms with Crippen molar-refractivity contribution in [3.63, 3.8) is 0 Å². The second-order valence-corrected chi connectivity index (χ2v) is 11.0. The zero-order valence-electron chi connectivity index (χ0n) is 23.0. The second kappa shape index (κ2) is 11.6. The van der Waals surface area contributed by atoms with Crippen LogP contribution in [0.2, 0.25) is 0 Å². The number of methoxy groups -OCH3 is 1. The van der Waals surface area contributed by atoms with Crippen molar-refractivity contribution in [2.75, 3.05) is 33.3 Å². The van der Waals surface area contributed by atoms with Crippen LogP contribution in [-0.4, -0.2) is 50.0 Å². The van der Waals surface area contributed by atoms with E-state index in [1.54, 1.807) is 14.0 Å². The van der Waals surface area contributed by atoms with Gasteiger partial charge in [-0.25, -0.2) is 0 Å². The maximum Gasteiger partial charge on any atom is 0.231 e. The van der Waals surface area contributed by atoms with Crippen molar-refractivity contribution in [2.24, 2.45) is 5.92 Å². The van der Waals surface area contributed by atoms with Crippen LogP contribution in [0.1, 0.15) is 42.9 Å². The standard InChI is InChI=1S/C33H39N3O3/c1-25(37)35-32(27-12-7-4-8-13-27)17-20-36(21-18-32)24-29-23-33(29,28-14-9-15-30(22-28)39-2)31(38)34-19-16-26-10-5-3-6-11-26/h3-15,22,29H,16-21,23-24H2,1-2H3,(H,34,38)(H,35,37). The Morgan fingerprint density at radius 3 is 2.26 bits per heavy atom. The summed E-state index contributed by atoms with van der Waals surface area (Å²) in [6, 6.07) is 28.5. The molecule has 0 radical (unpaired) electrons. The van der Waals surface area contributed by atoms with E-state index in [2.05, 4.69) is 45.9 Å². The molecule has 0 spiro atoms. The molecule has 2 atom stereocenters. The SMILES string of the molecule is COc1cccc(C2(C(=O)NCCc3ccccc3)CC2CN2CCC(NC(C)=O)(c3ccccc3)CC2)c1. The van der Waals surface area contributed by atoms with Crippen LogP contribution in [0.4, 0.5) is 0 Å². The third-order valence-electron chi connectivity index (χ3n) is 8.57. The Kier molecular flexibility index (Phi) is 8.03. The van der Waals surface area contributed by atoms with Gasteiger partial charge in [-0.15, -0.1) is 0 Å². The van der Waals surface area contributed by atoms with Crippen LogP contribution >= 0.6 is 0 Å². The number of hydrogen-bond acceptors (Lipinski definition) is 4. The number of piperidine rings is 1. The molecule has 2 amide bonds. The molecular formula is C33H39N3O3. The first-order chi connectivity index (χ1) is 18.9. The minimum Gasteiger partial charge on any atom is -0.497 e. The van der Waals surface area contributed by atoms with Crippen molar-refractivity contribution >= 4 is 11.8 Å². The van der Waals surface area contributed by atoms with Crippen molar-refractivity contribution in [3.8, 4) is 5.75 Å². The molecule has 0 bridgehead atoms. The van der Waals surface area contributed by atoms with Gasteiger partial charge in [0.15, 0.2) is 0 Å². The molecule has 6 heteroatoms. The third kappa shape index (κ3) is 5.86. The Bertz CT molecular complexity index is 1270. The molecule has 39 heavy (non-hydrogen) atoms. The zero-order valence-corrected chi connectivity index (χ0v) is 23.0. The number of carbonyl (C=O) groups excluding carboxylic acids is 2. The van der Waals surface area contributed by atoms with Crippen LogP contribution < -0.4 is 15.4 Å². The highest BCUT2D eigenvalue weighted by Crippen LogP contribution is 2.55. The number of nitrogens with zero attached hydrogens (tertiary/aromatic N) is 1. The molecule has 1 saturated heterocycles. The van der Waals surface area contributed by atoms with Gasteiger partial charge in [-0.3, -0.25) is 9.59 Å². The molecule has 3 aromatic rings. The molecule has 2 unspecified atom stereocenters. The van der Waals surface area contributed by atoms with E-state index in [1.807, 2.05) is 54.6 Å². The van der Waals surface area contributed by atoms with E-state index in [1.165, 1.54) is 5.56 Å². The summed E-state index contributed by atoms with van der Waals surface area (Å²) in [7, 11) is 1.66. The molecule has 0 aromatic heterocycles. The smallest absolute Gasteiger partial charge is 0.231 e. The first kappa shape index (κ1) is 26.9. The molecule has 204 valence electrons. The van der Waals surface area contributed by atoms with Gasteiger partial charge in [0, 0.05) is 33.1 Å². The van der Waals surface area contributed by atoms with Crippen molar-refractivity contribution < 1.29 is 14.3 Å². The van der Waals surface area contributed by atoms with Crippen molar-refractivity contribution in [1.29, 1.82) is 0 Å². The maximum absolute atomic E-state index is 13.8. The number of hydrogen-bond donors (Lipinski definition) is 2.